The number of aliphatic imine (C=N–C) groups is 1. The zero-order valence-electron chi connectivity index (χ0n) is 15.4. The van der Waals surface area contributed by atoms with Gasteiger partial charge in [-0.15, -0.1) is 0 Å². The highest BCUT2D eigenvalue weighted by Crippen LogP contribution is 2.19. The maximum Gasteiger partial charge on any atom is 0.246 e. The van der Waals surface area contributed by atoms with Crippen LogP contribution in [0, 0.1) is 23.3 Å². The van der Waals surface area contributed by atoms with Crippen molar-refractivity contribution >= 4 is 17.6 Å². The molecular weight excluding hydrogens is 376 g/mol. The van der Waals surface area contributed by atoms with E-state index in [2.05, 4.69) is 15.6 Å². The van der Waals surface area contributed by atoms with Gasteiger partial charge in [0.25, 0.3) is 0 Å². The van der Waals surface area contributed by atoms with E-state index in [0.29, 0.717) is 19.0 Å². The van der Waals surface area contributed by atoms with Crippen LogP contribution in [0.25, 0.3) is 0 Å². The van der Waals surface area contributed by atoms with Crippen LogP contribution < -0.4 is 10.6 Å². The number of carbonyl (C=O) groups excluding carboxylic acids is 1. The first kappa shape index (κ1) is 21.2. The smallest absolute Gasteiger partial charge is 0.246 e. The third-order valence-electron chi connectivity index (χ3n) is 3.71. The second-order valence-corrected chi connectivity index (χ2v) is 5.92. The number of carbonyl (C=O) groups is 1. The Kier molecular flexibility index (Phi) is 7.36. The Balaban J connectivity index is 2.03. The van der Waals surface area contributed by atoms with Crippen LogP contribution >= 0.6 is 0 Å². The van der Waals surface area contributed by atoms with E-state index in [4.69, 9.17) is 0 Å². The molecule has 0 saturated heterocycles. The summed E-state index contributed by atoms with van der Waals surface area (Å²) in [4.78, 5) is 17.9. The lowest BCUT2D eigenvalue weighted by Crippen LogP contribution is -2.39. The molecule has 0 aliphatic carbocycles. The molecule has 5 nitrogen and oxygen atoms in total. The molecule has 0 saturated carbocycles. The lowest BCUT2D eigenvalue weighted by atomic mass is 10.2. The van der Waals surface area contributed by atoms with Crippen molar-refractivity contribution in [2.45, 2.75) is 13.5 Å². The Morgan fingerprint density at radius 1 is 1.04 bits per heavy atom. The van der Waals surface area contributed by atoms with Gasteiger partial charge in [-0.25, -0.2) is 22.6 Å². The highest BCUT2D eigenvalue weighted by molar-refractivity contribution is 5.94. The fourth-order valence-corrected chi connectivity index (χ4v) is 2.37. The maximum absolute atomic E-state index is 13.6. The molecule has 1 amide bonds. The molecule has 28 heavy (non-hydrogen) atoms. The van der Waals surface area contributed by atoms with Crippen LogP contribution in [0.15, 0.2) is 41.4 Å². The van der Waals surface area contributed by atoms with Gasteiger partial charge in [0.1, 0.15) is 12.4 Å². The molecule has 0 bridgehead atoms. The van der Waals surface area contributed by atoms with Gasteiger partial charge in [0.05, 0.1) is 5.69 Å². The second kappa shape index (κ2) is 9.72. The minimum absolute atomic E-state index is 0.340. The van der Waals surface area contributed by atoms with Crippen LogP contribution in [0.3, 0.4) is 0 Å². The number of nitrogens with zero attached hydrogens (tertiary/aromatic N) is 2. The van der Waals surface area contributed by atoms with E-state index in [0.717, 1.165) is 17.7 Å². The normalized spacial score (nSPS) is 11.3. The number of hydrogen-bond acceptors (Lipinski definition) is 2. The van der Waals surface area contributed by atoms with Gasteiger partial charge in [-0.1, -0.05) is 12.1 Å². The molecule has 2 aromatic rings. The molecule has 0 fully saturated rings. The fraction of sp³-hybridized carbons (Fsp3) is 0.263. The molecule has 2 rings (SSSR count). The first-order valence-corrected chi connectivity index (χ1v) is 8.49. The van der Waals surface area contributed by atoms with Crippen molar-refractivity contribution in [1.82, 2.24) is 10.2 Å². The van der Waals surface area contributed by atoms with E-state index in [1.165, 1.54) is 12.1 Å². The third-order valence-corrected chi connectivity index (χ3v) is 3.71. The van der Waals surface area contributed by atoms with Crippen molar-refractivity contribution in [3.8, 4) is 0 Å². The Morgan fingerprint density at radius 2 is 1.71 bits per heavy atom. The van der Waals surface area contributed by atoms with Crippen LogP contribution in [0.1, 0.15) is 12.5 Å². The molecule has 0 aliphatic rings. The van der Waals surface area contributed by atoms with Crippen molar-refractivity contribution in [3.05, 3.63) is 65.2 Å². The molecule has 0 spiro atoms. The molecule has 2 aromatic carbocycles. The Bertz CT molecular complexity index is 856. The van der Waals surface area contributed by atoms with Gasteiger partial charge in [-0.05, 0) is 36.8 Å². The summed E-state index contributed by atoms with van der Waals surface area (Å²) in [6.07, 6.45) is 0. The summed E-state index contributed by atoms with van der Waals surface area (Å²) in [6, 6.07) is 7.61. The van der Waals surface area contributed by atoms with Crippen LogP contribution in [-0.4, -0.2) is 36.9 Å². The molecule has 2 N–H and O–H groups in total. The molecule has 0 aromatic heterocycles. The number of benzene rings is 2. The predicted octanol–water partition coefficient (Wildman–Crippen LogP) is 3.28. The highest BCUT2D eigenvalue weighted by atomic mass is 19.2. The van der Waals surface area contributed by atoms with Crippen LogP contribution in [0.5, 0.6) is 0 Å². The topological polar surface area (TPSA) is 56.7 Å². The fourth-order valence-electron chi connectivity index (χ4n) is 2.37. The van der Waals surface area contributed by atoms with Gasteiger partial charge >= 0.3 is 0 Å². The number of anilines is 1. The molecule has 0 aliphatic heterocycles. The first-order chi connectivity index (χ1) is 13.3. The minimum Gasteiger partial charge on any atom is -0.357 e. The summed E-state index contributed by atoms with van der Waals surface area (Å²) in [5.74, 6) is -5.12. The SMILES string of the molecule is CCNC(=NCC(=O)Nc1ccc(F)c(F)c1F)N(C)Cc1ccc(F)cc1. The molecule has 0 radical (unpaired) electrons. The third kappa shape index (κ3) is 5.70. The van der Waals surface area contributed by atoms with Gasteiger partial charge in [0, 0.05) is 20.1 Å². The summed E-state index contributed by atoms with van der Waals surface area (Å²) < 4.78 is 52.8. The van der Waals surface area contributed by atoms with E-state index in [1.807, 2.05) is 6.92 Å². The summed E-state index contributed by atoms with van der Waals surface area (Å²) in [6.45, 7) is 2.42. The van der Waals surface area contributed by atoms with E-state index >= 15 is 0 Å². The van der Waals surface area contributed by atoms with Crippen molar-refractivity contribution < 1.29 is 22.4 Å². The number of rotatable bonds is 6. The van der Waals surface area contributed by atoms with Crippen molar-refractivity contribution in [2.24, 2.45) is 4.99 Å². The standard InChI is InChI=1S/C19H20F4N4O/c1-3-24-19(27(2)11-12-4-6-13(20)7-5-12)25-10-16(28)26-15-9-8-14(21)17(22)18(15)23/h4-9H,3,10-11H2,1-2H3,(H,24,25)(H,26,28). The number of guanidine groups is 1. The van der Waals surface area contributed by atoms with Crippen LogP contribution in [-0.2, 0) is 11.3 Å². The molecule has 0 atom stereocenters. The number of halogens is 4. The highest BCUT2D eigenvalue weighted by Gasteiger charge is 2.15. The molecule has 0 unspecified atom stereocenters. The van der Waals surface area contributed by atoms with Crippen LogP contribution in [0.4, 0.5) is 23.2 Å². The first-order valence-electron chi connectivity index (χ1n) is 8.49. The lowest BCUT2D eigenvalue weighted by Gasteiger charge is -2.22. The monoisotopic (exact) mass is 396 g/mol. The molecule has 9 heteroatoms. The van der Waals surface area contributed by atoms with Crippen LogP contribution in [0.2, 0.25) is 0 Å². The van der Waals surface area contributed by atoms with E-state index in [1.54, 1.807) is 24.1 Å². The van der Waals surface area contributed by atoms with Gasteiger partial charge in [-0.3, -0.25) is 4.79 Å². The number of hydrogen-bond donors (Lipinski definition) is 2. The number of amides is 1. The van der Waals surface area contributed by atoms with E-state index < -0.39 is 29.0 Å². The summed E-state index contributed by atoms with van der Waals surface area (Å²) in [7, 11) is 1.73. The quantitative estimate of drug-likeness (QED) is 0.341. The lowest BCUT2D eigenvalue weighted by molar-refractivity contribution is -0.114. The minimum atomic E-state index is -1.66. The van der Waals surface area contributed by atoms with Gasteiger partial charge in [0.2, 0.25) is 5.91 Å². The predicted molar refractivity (Wildman–Crippen MR) is 98.8 cm³/mol. The average molecular weight is 396 g/mol. The Labute approximate surface area is 160 Å². The summed E-state index contributed by atoms with van der Waals surface area (Å²) in [5, 5.41) is 5.15. The van der Waals surface area contributed by atoms with E-state index in [9.17, 15) is 22.4 Å². The van der Waals surface area contributed by atoms with Gasteiger partial charge in [-0.2, -0.15) is 0 Å². The van der Waals surface area contributed by atoms with Crippen molar-refractivity contribution in [1.29, 1.82) is 0 Å². The molecular formula is C19H20F4N4O. The second-order valence-electron chi connectivity index (χ2n) is 5.92. The van der Waals surface area contributed by atoms with Crippen molar-refractivity contribution in [3.63, 3.8) is 0 Å². The summed E-state index contributed by atoms with van der Waals surface area (Å²) in [5.41, 5.74) is 0.367. The summed E-state index contributed by atoms with van der Waals surface area (Å²) >= 11 is 0. The maximum atomic E-state index is 13.6. The van der Waals surface area contributed by atoms with Crippen molar-refractivity contribution in [2.75, 3.05) is 25.5 Å². The van der Waals surface area contributed by atoms with Gasteiger partial charge < -0.3 is 15.5 Å². The zero-order chi connectivity index (χ0) is 20.7. The molecule has 0 heterocycles. The average Bonchev–Trinajstić information content (AvgIpc) is 2.67. The molecule has 150 valence electrons. The largest absolute Gasteiger partial charge is 0.357 e. The van der Waals surface area contributed by atoms with E-state index in [-0.39, 0.29) is 12.4 Å². The zero-order valence-corrected chi connectivity index (χ0v) is 15.4. The Hall–Kier alpha value is -3.10. The number of nitrogens with one attached hydrogen (secondary N) is 2. The Morgan fingerprint density at radius 3 is 2.36 bits per heavy atom. The van der Waals surface area contributed by atoms with Gasteiger partial charge in [0.15, 0.2) is 23.4 Å².